The largest absolute Gasteiger partial charge is 0.288 e. The van der Waals surface area contributed by atoms with Gasteiger partial charge in [-0.15, -0.1) is 11.3 Å². The minimum Gasteiger partial charge on any atom is -0.288 e. The number of pyridine rings is 1. The Morgan fingerprint density at radius 3 is 2.48 bits per heavy atom. The number of nitrogens with zero attached hydrogens (tertiary/aromatic N) is 4. The summed E-state index contributed by atoms with van der Waals surface area (Å²) in [4.78, 5) is 12.6. The molecule has 3 rings (SSSR count). The number of hydrogen-bond acceptors (Lipinski definition) is 6. The van der Waals surface area contributed by atoms with Crippen molar-refractivity contribution in [2.24, 2.45) is 0 Å². The van der Waals surface area contributed by atoms with Crippen molar-refractivity contribution in [3.05, 3.63) is 47.2 Å². The van der Waals surface area contributed by atoms with Gasteiger partial charge in [0.2, 0.25) is 0 Å². The van der Waals surface area contributed by atoms with Crippen LogP contribution in [0.4, 0.5) is 5.69 Å². The minimum atomic E-state index is -3.65. The van der Waals surface area contributed by atoms with Gasteiger partial charge in [-0.2, -0.15) is 0 Å². The van der Waals surface area contributed by atoms with Gasteiger partial charge in [-0.25, -0.2) is 23.4 Å². The fourth-order valence-electron chi connectivity index (χ4n) is 2.17. The Labute approximate surface area is 138 Å². The smallest absolute Gasteiger partial charge is 0.273 e. The Morgan fingerprint density at radius 2 is 1.96 bits per heavy atom. The normalized spacial score (nSPS) is 11.6. The topological polar surface area (TPSA) is 89.8 Å². The Hall–Kier alpha value is -2.26. The van der Waals surface area contributed by atoms with Gasteiger partial charge >= 0.3 is 0 Å². The lowest BCUT2D eigenvalue weighted by Gasteiger charge is -2.08. The number of sulfonamides is 1. The van der Waals surface area contributed by atoms with Crippen LogP contribution in [0.3, 0.4) is 0 Å². The number of rotatable bonds is 4. The van der Waals surface area contributed by atoms with Gasteiger partial charge in [0.25, 0.3) is 10.0 Å². The average Bonchev–Trinajstić information content (AvgIpc) is 3.05. The zero-order valence-corrected chi connectivity index (χ0v) is 14.4. The third kappa shape index (κ3) is 3.10. The number of hydrogen-bond donors (Lipinski definition) is 1. The highest BCUT2D eigenvalue weighted by Crippen LogP contribution is 2.25. The standard InChI is InChI=1S/C14H15N5O2S2/c1-9-14(22-11(3)17-9)23(20,21)18-12-4-5-13(16-8-12)19-7-6-15-10(19)2/h4-8,18H,1-3H3. The first kappa shape index (κ1) is 15.6. The molecule has 0 fully saturated rings. The molecular formula is C14H15N5O2S2. The highest BCUT2D eigenvalue weighted by Gasteiger charge is 2.21. The summed E-state index contributed by atoms with van der Waals surface area (Å²) in [7, 11) is -3.65. The second-order valence-electron chi connectivity index (χ2n) is 4.96. The van der Waals surface area contributed by atoms with Gasteiger partial charge < -0.3 is 0 Å². The summed E-state index contributed by atoms with van der Waals surface area (Å²) in [6, 6.07) is 3.40. The van der Waals surface area contributed by atoms with Crippen molar-refractivity contribution in [3.63, 3.8) is 0 Å². The monoisotopic (exact) mass is 349 g/mol. The molecule has 7 nitrogen and oxygen atoms in total. The highest BCUT2D eigenvalue weighted by atomic mass is 32.2. The molecule has 0 aromatic carbocycles. The molecule has 9 heteroatoms. The van der Waals surface area contributed by atoms with Gasteiger partial charge in [-0.05, 0) is 32.9 Å². The van der Waals surface area contributed by atoms with Crippen LogP contribution in [0, 0.1) is 20.8 Å². The molecule has 0 amide bonds. The lowest BCUT2D eigenvalue weighted by molar-refractivity contribution is 0.602. The molecule has 0 aliphatic carbocycles. The molecule has 0 saturated carbocycles. The molecule has 23 heavy (non-hydrogen) atoms. The van der Waals surface area contributed by atoms with Crippen molar-refractivity contribution >= 4 is 27.0 Å². The van der Waals surface area contributed by atoms with E-state index in [2.05, 4.69) is 19.7 Å². The number of aryl methyl sites for hydroxylation is 3. The first-order valence-corrected chi connectivity index (χ1v) is 9.10. The lowest BCUT2D eigenvalue weighted by Crippen LogP contribution is -2.13. The molecule has 0 radical (unpaired) electrons. The van der Waals surface area contributed by atoms with E-state index in [9.17, 15) is 8.42 Å². The van der Waals surface area contributed by atoms with Crippen LogP contribution in [0.2, 0.25) is 0 Å². The van der Waals surface area contributed by atoms with Gasteiger partial charge in [0.05, 0.1) is 22.6 Å². The summed E-state index contributed by atoms with van der Waals surface area (Å²) in [5.74, 6) is 1.48. The number of imidazole rings is 1. The molecule has 0 atom stereocenters. The van der Waals surface area contributed by atoms with E-state index in [0.717, 1.165) is 17.2 Å². The summed E-state index contributed by atoms with van der Waals surface area (Å²) >= 11 is 1.15. The molecule has 0 spiro atoms. The number of aromatic nitrogens is 4. The van der Waals surface area contributed by atoms with E-state index in [1.54, 1.807) is 38.4 Å². The maximum Gasteiger partial charge on any atom is 0.273 e. The van der Waals surface area contributed by atoms with Crippen LogP contribution in [0.5, 0.6) is 0 Å². The van der Waals surface area contributed by atoms with E-state index in [-0.39, 0.29) is 4.21 Å². The second-order valence-corrected chi connectivity index (χ2v) is 8.04. The Balaban J connectivity index is 1.86. The highest BCUT2D eigenvalue weighted by molar-refractivity contribution is 7.94. The van der Waals surface area contributed by atoms with E-state index in [1.807, 2.05) is 11.5 Å². The van der Waals surface area contributed by atoms with Crippen molar-refractivity contribution < 1.29 is 8.42 Å². The zero-order valence-electron chi connectivity index (χ0n) is 12.8. The van der Waals surface area contributed by atoms with Crippen molar-refractivity contribution in [2.45, 2.75) is 25.0 Å². The van der Waals surface area contributed by atoms with Crippen LogP contribution in [-0.2, 0) is 10.0 Å². The molecule has 0 unspecified atom stereocenters. The SMILES string of the molecule is Cc1nc(C)c(S(=O)(=O)Nc2ccc(-n3ccnc3C)nc2)s1. The maximum absolute atomic E-state index is 12.4. The van der Waals surface area contributed by atoms with E-state index in [4.69, 9.17) is 0 Å². The van der Waals surface area contributed by atoms with Crippen molar-refractivity contribution in [1.82, 2.24) is 19.5 Å². The first-order chi connectivity index (χ1) is 10.9. The minimum absolute atomic E-state index is 0.226. The lowest BCUT2D eigenvalue weighted by atomic mass is 10.4. The molecule has 3 heterocycles. The van der Waals surface area contributed by atoms with Gasteiger partial charge in [-0.3, -0.25) is 9.29 Å². The molecule has 0 saturated heterocycles. The third-order valence-electron chi connectivity index (χ3n) is 3.18. The Kier molecular flexibility index (Phi) is 3.90. The van der Waals surface area contributed by atoms with Gasteiger partial charge in [0.1, 0.15) is 11.6 Å². The van der Waals surface area contributed by atoms with E-state index in [1.165, 1.54) is 6.20 Å². The maximum atomic E-state index is 12.4. The summed E-state index contributed by atoms with van der Waals surface area (Å²) in [5.41, 5.74) is 0.899. The molecule has 120 valence electrons. The fourth-order valence-corrected chi connectivity index (χ4v) is 4.70. The van der Waals surface area contributed by atoms with Crippen LogP contribution < -0.4 is 4.72 Å². The van der Waals surface area contributed by atoms with E-state index in [0.29, 0.717) is 22.2 Å². The fraction of sp³-hybridized carbons (Fsp3) is 0.214. The predicted octanol–water partition coefficient (Wildman–Crippen LogP) is 2.45. The van der Waals surface area contributed by atoms with Crippen molar-refractivity contribution in [2.75, 3.05) is 4.72 Å². The second kappa shape index (κ2) is 5.74. The van der Waals surface area contributed by atoms with Crippen molar-refractivity contribution in [1.29, 1.82) is 0 Å². The van der Waals surface area contributed by atoms with Crippen LogP contribution in [0.25, 0.3) is 5.82 Å². The predicted molar refractivity (Wildman–Crippen MR) is 88.5 cm³/mol. The van der Waals surface area contributed by atoms with E-state index < -0.39 is 10.0 Å². The molecule has 0 aliphatic rings. The molecule has 3 aromatic rings. The molecular weight excluding hydrogens is 334 g/mol. The quantitative estimate of drug-likeness (QED) is 0.781. The summed E-state index contributed by atoms with van der Waals surface area (Å²) in [6.07, 6.45) is 4.96. The van der Waals surface area contributed by atoms with Crippen molar-refractivity contribution in [3.8, 4) is 5.82 Å². The third-order valence-corrected chi connectivity index (χ3v) is 6.24. The summed E-state index contributed by atoms with van der Waals surface area (Å²) < 4.78 is 29.4. The summed E-state index contributed by atoms with van der Waals surface area (Å²) in [6.45, 7) is 5.33. The zero-order chi connectivity index (χ0) is 16.6. The Bertz CT molecular complexity index is 942. The molecule has 0 aliphatic heterocycles. The molecule has 3 aromatic heterocycles. The summed E-state index contributed by atoms with van der Waals surface area (Å²) in [5, 5.41) is 0.715. The number of nitrogens with one attached hydrogen (secondary N) is 1. The first-order valence-electron chi connectivity index (χ1n) is 6.80. The molecule has 0 bridgehead atoms. The van der Waals surface area contributed by atoms with Crippen LogP contribution >= 0.6 is 11.3 Å². The average molecular weight is 349 g/mol. The van der Waals surface area contributed by atoms with E-state index >= 15 is 0 Å². The Morgan fingerprint density at radius 1 is 1.17 bits per heavy atom. The van der Waals surface area contributed by atoms with Gasteiger partial charge in [0, 0.05) is 12.4 Å². The van der Waals surface area contributed by atoms with Crippen LogP contribution in [0.1, 0.15) is 16.5 Å². The van der Waals surface area contributed by atoms with Crippen LogP contribution in [-0.4, -0.2) is 27.9 Å². The number of anilines is 1. The number of thiazole rings is 1. The van der Waals surface area contributed by atoms with Crippen LogP contribution in [0.15, 0.2) is 34.9 Å². The molecule has 1 N–H and O–H groups in total. The van der Waals surface area contributed by atoms with Gasteiger partial charge in [-0.1, -0.05) is 0 Å². The van der Waals surface area contributed by atoms with Gasteiger partial charge in [0.15, 0.2) is 4.21 Å².